The summed E-state index contributed by atoms with van der Waals surface area (Å²) in [7, 11) is 1.79. The molecule has 0 spiro atoms. The smallest absolute Gasteiger partial charge is 0.246 e. The maximum Gasteiger partial charge on any atom is 0.246 e. The lowest BCUT2D eigenvalue weighted by Crippen LogP contribution is -2.39. The van der Waals surface area contributed by atoms with Gasteiger partial charge in [0.25, 0.3) is 0 Å². The van der Waals surface area contributed by atoms with Crippen LogP contribution in [0.1, 0.15) is 30.2 Å². The van der Waals surface area contributed by atoms with Gasteiger partial charge in [-0.3, -0.25) is 9.48 Å². The van der Waals surface area contributed by atoms with E-state index in [0.29, 0.717) is 24.0 Å². The fraction of sp³-hybridized carbons (Fsp3) is 0.500. The molecule has 0 unspecified atom stereocenters. The van der Waals surface area contributed by atoms with Crippen LogP contribution in [0.15, 0.2) is 22.9 Å². The summed E-state index contributed by atoms with van der Waals surface area (Å²) in [6, 6.07) is 0. The van der Waals surface area contributed by atoms with Crippen LogP contribution in [0.2, 0.25) is 0 Å². The van der Waals surface area contributed by atoms with E-state index in [4.69, 9.17) is 10.2 Å². The molecule has 1 amide bonds. The predicted octanol–water partition coefficient (Wildman–Crippen LogP) is 0.756. The molecule has 0 saturated carbocycles. The van der Waals surface area contributed by atoms with Crippen LogP contribution >= 0.6 is 0 Å². The van der Waals surface area contributed by atoms with Crippen molar-refractivity contribution in [3.8, 4) is 0 Å². The number of rotatable bonds is 5. The third kappa shape index (κ3) is 4.08. The molecule has 1 aliphatic rings. The molecular weight excluding hydrogens is 308 g/mol. The van der Waals surface area contributed by atoms with Crippen LogP contribution in [-0.4, -0.2) is 43.9 Å². The number of amides is 1. The predicted molar refractivity (Wildman–Crippen MR) is 87.4 cm³/mol. The number of hydrogen-bond donors (Lipinski definition) is 1. The molecule has 0 aliphatic carbocycles. The number of carbonyl (C=O) groups excluding carboxylic acids is 1. The summed E-state index contributed by atoms with van der Waals surface area (Å²) in [4.78, 5) is 18.4. The third-order valence-corrected chi connectivity index (χ3v) is 4.11. The van der Waals surface area contributed by atoms with E-state index in [2.05, 4.69) is 15.3 Å². The van der Waals surface area contributed by atoms with Gasteiger partial charge in [-0.25, -0.2) is 4.98 Å². The fourth-order valence-electron chi connectivity index (χ4n) is 2.96. The first-order valence-electron chi connectivity index (χ1n) is 8.11. The van der Waals surface area contributed by atoms with Crippen molar-refractivity contribution >= 4 is 12.0 Å². The number of oxazole rings is 1. The van der Waals surface area contributed by atoms with E-state index >= 15 is 0 Å². The van der Waals surface area contributed by atoms with E-state index in [1.807, 2.05) is 4.90 Å². The average Bonchev–Trinajstić information content (AvgIpc) is 3.21. The van der Waals surface area contributed by atoms with Crippen molar-refractivity contribution in [3.05, 3.63) is 35.8 Å². The Morgan fingerprint density at radius 2 is 2.42 bits per heavy atom. The second-order valence-corrected chi connectivity index (χ2v) is 6.07. The molecule has 1 atom stereocenters. The van der Waals surface area contributed by atoms with Gasteiger partial charge in [-0.15, -0.1) is 5.10 Å². The Kier molecular flexibility index (Phi) is 5.05. The maximum absolute atomic E-state index is 12.4. The molecular formula is C16H22N6O2. The normalized spacial score (nSPS) is 18.4. The van der Waals surface area contributed by atoms with Gasteiger partial charge >= 0.3 is 0 Å². The number of nitrogens with zero attached hydrogens (tertiary/aromatic N) is 5. The summed E-state index contributed by atoms with van der Waals surface area (Å²) in [5, 5.41) is 7.78. The van der Waals surface area contributed by atoms with Crippen molar-refractivity contribution in [2.24, 2.45) is 18.7 Å². The van der Waals surface area contributed by atoms with E-state index in [-0.39, 0.29) is 5.91 Å². The first-order valence-corrected chi connectivity index (χ1v) is 8.11. The molecule has 8 nitrogen and oxygen atoms in total. The minimum absolute atomic E-state index is 0.00516. The first kappa shape index (κ1) is 16.4. The average molecular weight is 330 g/mol. The summed E-state index contributed by atoms with van der Waals surface area (Å²) >= 11 is 0. The Hall–Kier alpha value is -2.48. The van der Waals surface area contributed by atoms with Crippen LogP contribution in [0, 0.1) is 5.92 Å². The summed E-state index contributed by atoms with van der Waals surface area (Å²) in [6.07, 6.45) is 9.61. The van der Waals surface area contributed by atoms with E-state index < -0.39 is 0 Å². The highest BCUT2D eigenvalue weighted by Gasteiger charge is 2.23. The lowest BCUT2D eigenvalue weighted by atomic mass is 9.94. The zero-order valence-corrected chi connectivity index (χ0v) is 13.8. The highest BCUT2D eigenvalue weighted by atomic mass is 16.4. The van der Waals surface area contributed by atoms with E-state index in [9.17, 15) is 4.79 Å². The van der Waals surface area contributed by atoms with Gasteiger partial charge in [0.2, 0.25) is 11.8 Å². The Bertz CT molecular complexity index is 720. The largest absolute Gasteiger partial charge is 0.444 e. The molecule has 1 aliphatic heterocycles. The molecule has 3 heterocycles. The number of likely N-dealkylation sites (tertiary alicyclic amines) is 1. The van der Waals surface area contributed by atoms with Crippen molar-refractivity contribution in [1.82, 2.24) is 24.9 Å². The van der Waals surface area contributed by atoms with Gasteiger partial charge in [0.05, 0.1) is 18.9 Å². The molecule has 128 valence electrons. The van der Waals surface area contributed by atoms with Gasteiger partial charge in [-0.2, -0.15) is 0 Å². The number of aryl methyl sites for hydroxylation is 1. The summed E-state index contributed by atoms with van der Waals surface area (Å²) in [5.74, 6) is 1.78. The van der Waals surface area contributed by atoms with Gasteiger partial charge in [-0.05, 0) is 24.8 Å². The molecule has 2 aromatic rings. The van der Waals surface area contributed by atoms with Crippen LogP contribution < -0.4 is 5.73 Å². The van der Waals surface area contributed by atoms with Crippen LogP contribution in [0.4, 0.5) is 0 Å². The van der Waals surface area contributed by atoms with Gasteiger partial charge in [0.15, 0.2) is 0 Å². The second-order valence-electron chi connectivity index (χ2n) is 6.07. The van der Waals surface area contributed by atoms with Gasteiger partial charge in [0.1, 0.15) is 11.5 Å². The zero-order chi connectivity index (χ0) is 16.9. The van der Waals surface area contributed by atoms with Gasteiger partial charge in [0, 0.05) is 32.6 Å². The number of hydrogen-bond acceptors (Lipinski definition) is 6. The molecule has 1 fully saturated rings. The number of piperidine rings is 1. The minimum Gasteiger partial charge on any atom is -0.444 e. The minimum atomic E-state index is 0.00516. The Morgan fingerprint density at radius 3 is 3.12 bits per heavy atom. The fourth-order valence-corrected chi connectivity index (χ4v) is 2.96. The standard InChI is InChI=1S/C16H22N6O2/c1-21-11-13(19-20-21)4-5-16(23)22-6-2-3-12(10-22)7-14-9-18-15(8-17)24-14/h4-5,9,11-12H,2-3,6-8,10,17H2,1H3/b5-4+/t12-/m0/s1. The molecule has 1 saturated heterocycles. The second kappa shape index (κ2) is 7.39. The molecule has 3 rings (SSSR count). The van der Waals surface area contributed by atoms with E-state index in [1.165, 1.54) is 0 Å². The lowest BCUT2D eigenvalue weighted by molar-refractivity contribution is -0.127. The Labute approximate surface area is 140 Å². The van der Waals surface area contributed by atoms with E-state index in [1.54, 1.807) is 36.3 Å². The van der Waals surface area contributed by atoms with Gasteiger partial charge in [-0.1, -0.05) is 5.21 Å². The molecule has 0 radical (unpaired) electrons. The van der Waals surface area contributed by atoms with Crippen molar-refractivity contribution in [1.29, 1.82) is 0 Å². The molecule has 0 bridgehead atoms. The van der Waals surface area contributed by atoms with Crippen molar-refractivity contribution < 1.29 is 9.21 Å². The highest BCUT2D eigenvalue weighted by Crippen LogP contribution is 2.21. The molecule has 8 heteroatoms. The third-order valence-electron chi connectivity index (χ3n) is 4.11. The lowest BCUT2D eigenvalue weighted by Gasteiger charge is -2.31. The van der Waals surface area contributed by atoms with E-state index in [0.717, 1.165) is 38.1 Å². The Balaban J connectivity index is 1.56. The molecule has 2 N–H and O–H groups in total. The molecule has 24 heavy (non-hydrogen) atoms. The monoisotopic (exact) mass is 330 g/mol. The van der Waals surface area contributed by atoms with Crippen LogP contribution in [0.3, 0.4) is 0 Å². The van der Waals surface area contributed by atoms with Crippen molar-refractivity contribution in [3.63, 3.8) is 0 Å². The number of aromatic nitrogens is 4. The summed E-state index contributed by atoms with van der Waals surface area (Å²) < 4.78 is 7.17. The van der Waals surface area contributed by atoms with Crippen LogP contribution in [0.5, 0.6) is 0 Å². The summed E-state index contributed by atoms with van der Waals surface area (Å²) in [6.45, 7) is 1.81. The van der Waals surface area contributed by atoms with Crippen LogP contribution in [0.25, 0.3) is 6.08 Å². The SMILES string of the molecule is Cn1cc(/C=C/C(=O)N2CCC[C@@H](Cc3cnc(CN)o3)C2)nn1. The molecule has 2 aromatic heterocycles. The van der Waals surface area contributed by atoms with Crippen molar-refractivity contribution in [2.75, 3.05) is 13.1 Å². The maximum atomic E-state index is 12.4. The van der Waals surface area contributed by atoms with Gasteiger partial charge < -0.3 is 15.1 Å². The molecule has 0 aromatic carbocycles. The first-order chi connectivity index (χ1) is 11.6. The van der Waals surface area contributed by atoms with Crippen molar-refractivity contribution in [2.45, 2.75) is 25.8 Å². The van der Waals surface area contributed by atoms with Crippen LogP contribution in [-0.2, 0) is 24.8 Å². The quantitative estimate of drug-likeness (QED) is 0.812. The summed E-state index contributed by atoms with van der Waals surface area (Å²) in [5.41, 5.74) is 6.19. The number of carbonyl (C=O) groups is 1. The zero-order valence-electron chi connectivity index (χ0n) is 13.8. The highest BCUT2D eigenvalue weighted by molar-refractivity contribution is 5.91. The Morgan fingerprint density at radius 1 is 1.54 bits per heavy atom. The topological polar surface area (TPSA) is 103 Å². The number of nitrogens with two attached hydrogens (primary N) is 1.